The van der Waals surface area contributed by atoms with E-state index in [1.54, 1.807) is 0 Å². The van der Waals surface area contributed by atoms with Gasteiger partial charge in [0.2, 0.25) is 0 Å². The van der Waals surface area contributed by atoms with Crippen molar-refractivity contribution >= 4 is 34.1 Å². The van der Waals surface area contributed by atoms with Crippen LogP contribution in [0.25, 0.3) is 10.9 Å². The predicted molar refractivity (Wildman–Crippen MR) is 104 cm³/mol. The highest BCUT2D eigenvalue weighted by atomic mass is 35.5. The van der Waals surface area contributed by atoms with Crippen molar-refractivity contribution in [2.24, 2.45) is 0 Å². The number of hydrogen-bond donors (Lipinski definition) is 1. The quantitative estimate of drug-likeness (QED) is 0.704. The minimum Gasteiger partial charge on any atom is -0.494 e. The maximum atomic E-state index is 13.1. The Labute approximate surface area is 157 Å². The molecule has 3 aromatic rings. The van der Waals surface area contributed by atoms with Crippen LogP contribution in [0, 0.1) is 0 Å². The third-order valence-electron chi connectivity index (χ3n) is 4.62. The van der Waals surface area contributed by atoms with Crippen LogP contribution in [0.2, 0.25) is 5.02 Å². The lowest BCUT2D eigenvalue weighted by Gasteiger charge is -2.13. The number of carbonyl (C=O) groups is 1. The fraction of sp³-hybridized carbons (Fsp3) is 0.238. The number of pyridine rings is 1. The molecule has 0 atom stereocenters. The number of fused-ring (bicyclic) bond motifs is 2. The van der Waals surface area contributed by atoms with Crippen LogP contribution in [0.5, 0.6) is 5.75 Å². The number of rotatable bonds is 4. The summed E-state index contributed by atoms with van der Waals surface area (Å²) in [5.74, 6) is 0.662. The Hall–Kier alpha value is -2.59. The fourth-order valence-electron chi connectivity index (χ4n) is 3.49. The largest absolute Gasteiger partial charge is 0.494 e. The number of aryl methyl sites for hydroxylation is 1. The smallest absolute Gasteiger partial charge is 0.256 e. The van der Waals surface area contributed by atoms with Gasteiger partial charge in [0.05, 0.1) is 17.7 Å². The molecule has 1 heterocycles. The van der Waals surface area contributed by atoms with Gasteiger partial charge in [0.25, 0.3) is 5.91 Å². The maximum Gasteiger partial charge on any atom is 0.256 e. The monoisotopic (exact) mass is 366 g/mol. The van der Waals surface area contributed by atoms with Crippen LogP contribution in [0.15, 0.2) is 42.5 Å². The van der Waals surface area contributed by atoms with E-state index in [1.165, 1.54) is 0 Å². The third kappa shape index (κ3) is 3.13. The lowest BCUT2D eigenvalue weighted by atomic mass is 10.0. The molecular weight excluding hydrogens is 348 g/mol. The van der Waals surface area contributed by atoms with Gasteiger partial charge in [0.1, 0.15) is 5.75 Å². The van der Waals surface area contributed by atoms with E-state index in [9.17, 15) is 4.79 Å². The number of ether oxygens (including phenoxy) is 1. The van der Waals surface area contributed by atoms with E-state index in [1.807, 2.05) is 49.4 Å². The first kappa shape index (κ1) is 16.9. The Morgan fingerprint density at radius 3 is 2.77 bits per heavy atom. The first-order valence-corrected chi connectivity index (χ1v) is 9.18. The van der Waals surface area contributed by atoms with Gasteiger partial charge in [-0.15, -0.1) is 0 Å². The van der Waals surface area contributed by atoms with Crippen molar-refractivity contribution in [3.8, 4) is 5.75 Å². The molecule has 0 aliphatic heterocycles. The molecule has 0 saturated carbocycles. The Bertz CT molecular complexity index is 983. The molecule has 1 amide bonds. The maximum absolute atomic E-state index is 13.1. The average Bonchev–Trinajstić information content (AvgIpc) is 3.09. The summed E-state index contributed by atoms with van der Waals surface area (Å²) >= 11 is 6.18. The molecular formula is C21H19ClN2O2. The molecule has 132 valence electrons. The Kier molecular flexibility index (Phi) is 4.51. The molecule has 0 bridgehead atoms. The van der Waals surface area contributed by atoms with E-state index in [0.29, 0.717) is 17.2 Å². The van der Waals surface area contributed by atoms with E-state index >= 15 is 0 Å². The molecule has 0 radical (unpaired) electrons. The molecule has 26 heavy (non-hydrogen) atoms. The van der Waals surface area contributed by atoms with Gasteiger partial charge in [-0.2, -0.15) is 0 Å². The minimum absolute atomic E-state index is 0.123. The molecule has 1 aliphatic rings. The Balaban J connectivity index is 1.73. The summed E-state index contributed by atoms with van der Waals surface area (Å²) in [7, 11) is 0. The van der Waals surface area contributed by atoms with Gasteiger partial charge in [0.15, 0.2) is 0 Å². The van der Waals surface area contributed by atoms with Crippen molar-refractivity contribution in [1.82, 2.24) is 4.98 Å². The van der Waals surface area contributed by atoms with Crippen LogP contribution >= 0.6 is 11.6 Å². The zero-order valence-corrected chi connectivity index (χ0v) is 15.3. The number of hydrogen-bond acceptors (Lipinski definition) is 3. The molecule has 1 N–H and O–H groups in total. The molecule has 4 nitrogen and oxygen atoms in total. The summed E-state index contributed by atoms with van der Waals surface area (Å²) < 4.78 is 5.45. The molecule has 1 aliphatic carbocycles. The molecule has 0 unspecified atom stereocenters. The van der Waals surface area contributed by atoms with E-state index in [-0.39, 0.29) is 5.91 Å². The second-order valence-electron chi connectivity index (χ2n) is 6.34. The summed E-state index contributed by atoms with van der Waals surface area (Å²) in [6.45, 7) is 2.55. The number of nitrogens with zero attached hydrogens (tertiary/aromatic N) is 1. The topological polar surface area (TPSA) is 51.2 Å². The second-order valence-corrected chi connectivity index (χ2v) is 6.78. The lowest BCUT2D eigenvalue weighted by molar-refractivity contribution is 0.102. The van der Waals surface area contributed by atoms with Crippen molar-refractivity contribution in [2.75, 3.05) is 11.9 Å². The first-order valence-electron chi connectivity index (χ1n) is 8.81. The third-order valence-corrected chi connectivity index (χ3v) is 4.86. The molecule has 0 spiro atoms. The van der Waals surface area contributed by atoms with Gasteiger partial charge in [-0.3, -0.25) is 9.78 Å². The van der Waals surface area contributed by atoms with E-state index in [4.69, 9.17) is 21.3 Å². The number of benzene rings is 2. The number of amides is 1. The van der Waals surface area contributed by atoms with Crippen LogP contribution in [0.3, 0.4) is 0 Å². The Morgan fingerprint density at radius 2 is 2.00 bits per heavy atom. The highest BCUT2D eigenvalue weighted by molar-refractivity contribution is 6.31. The second kappa shape index (κ2) is 6.96. The molecule has 1 aromatic heterocycles. The fourth-order valence-corrected chi connectivity index (χ4v) is 3.66. The number of carbonyl (C=O) groups excluding carboxylic acids is 1. The number of anilines is 1. The van der Waals surface area contributed by atoms with Crippen molar-refractivity contribution in [1.29, 1.82) is 0 Å². The number of halogens is 1. The van der Waals surface area contributed by atoms with Crippen molar-refractivity contribution in [3.63, 3.8) is 0 Å². The summed E-state index contributed by atoms with van der Waals surface area (Å²) in [5, 5.41) is 4.41. The predicted octanol–water partition coefficient (Wildman–Crippen LogP) is 5.03. The van der Waals surface area contributed by atoms with E-state index in [2.05, 4.69) is 5.32 Å². The van der Waals surface area contributed by atoms with Gasteiger partial charge in [-0.05, 0) is 74.2 Å². The molecule has 0 saturated heterocycles. The summed E-state index contributed by atoms with van der Waals surface area (Å²) in [6.07, 6.45) is 2.81. The normalized spacial score (nSPS) is 12.8. The van der Waals surface area contributed by atoms with Crippen molar-refractivity contribution in [2.45, 2.75) is 26.2 Å². The van der Waals surface area contributed by atoms with Crippen LogP contribution < -0.4 is 10.1 Å². The minimum atomic E-state index is -0.123. The SMILES string of the molecule is CCOc1ccc(NC(=O)c2c3c(nc4ccc(Cl)cc24)CCC3)cc1. The van der Waals surface area contributed by atoms with E-state index < -0.39 is 0 Å². The standard InChI is InChI=1S/C21H19ClN2O2/c1-2-26-15-9-7-14(8-10-15)23-21(25)20-16-4-3-5-18(16)24-19-11-6-13(22)12-17(19)20/h6-12H,2-5H2,1H3,(H,23,25). The molecule has 4 rings (SSSR count). The van der Waals surface area contributed by atoms with E-state index in [0.717, 1.165) is 52.9 Å². The van der Waals surface area contributed by atoms with Crippen LogP contribution in [0.4, 0.5) is 5.69 Å². The zero-order chi connectivity index (χ0) is 18.1. The molecule has 0 fully saturated rings. The summed E-state index contributed by atoms with van der Waals surface area (Å²) in [4.78, 5) is 17.8. The highest BCUT2D eigenvalue weighted by Crippen LogP contribution is 2.32. The van der Waals surface area contributed by atoms with Gasteiger partial charge >= 0.3 is 0 Å². The number of aromatic nitrogens is 1. The zero-order valence-electron chi connectivity index (χ0n) is 14.5. The average molecular weight is 367 g/mol. The van der Waals surface area contributed by atoms with Crippen LogP contribution in [-0.2, 0) is 12.8 Å². The summed E-state index contributed by atoms with van der Waals surface area (Å²) in [6, 6.07) is 12.9. The number of nitrogens with one attached hydrogen (secondary N) is 1. The Morgan fingerprint density at radius 1 is 1.19 bits per heavy atom. The van der Waals surface area contributed by atoms with Crippen LogP contribution in [-0.4, -0.2) is 17.5 Å². The lowest BCUT2D eigenvalue weighted by Crippen LogP contribution is -2.15. The van der Waals surface area contributed by atoms with Gasteiger partial charge in [-0.1, -0.05) is 11.6 Å². The van der Waals surface area contributed by atoms with Gasteiger partial charge in [-0.25, -0.2) is 0 Å². The van der Waals surface area contributed by atoms with Gasteiger partial charge in [0, 0.05) is 21.8 Å². The van der Waals surface area contributed by atoms with Crippen molar-refractivity contribution in [3.05, 3.63) is 64.3 Å². The molecule has 5 heteroatoms. The van der Waals surface area contributed by atoms with Crippen LogP contribution in [0.1, 0.15) is 35.0 Å². The molecule has 2 aromatic carbocycles. The van der Waals surface area contributed by atoms with Crippen molar-refractivity contribution < 1.29 is 9.53 Å². The highest BCUT2D eigenvalue weighted by Gasteiger charge is 2.24. The van der Waals surface area contributed by atoms with Gasteiger partial charge < -0.3 is 10.1 Å². The first-order chi connectivity index (χ1) is 12.7. The summed E-state index contributed by atoms with van der Waals surface area (Å²) in [5.41, 5.74) is 4.31.